The van der Waals surface area contributed by atoms with E-state index >= 15 is 0 Å². The number of aryl methyl sites for hydroxylation is 1. The van der Waals surface area contributed by atoms with Gasteiger partial charge in [-0.25, -0.2) is 0 Å². The molecule has 0 heterocycles. The van der Waals surface area contributed by atoms with Crippen LogP contribution in [-0.4, -0.2) is 19.6 Å². The first kappa shape index (κ1) is 20.5. The number of carbonyl (C=O) groups excluding carboxylic acids is 1. The van der Waals surface area contributed by atoms with Gasteiger partial charge < -0.3 is 14.8 Å². The summed E-state index contributed by atoms with van der Waals surface area (Å²) in [4.78, 5) is 12.6. The molecule has 0 radical (unpaired) electrons. The third-order valence-electron chi connectivity index (χ3n) is 4.73. The Hall–Kier alpha value is -3.27. The number of nitrogens with one attached hydrogen (secondary N) is 1. The molecule has 0 aromatic heterocycles. The summed E-state index contributed by atoms with van der Waals surface area (Å²) in [6.45, 7) is 2.54. The summed E-state index contributed by atoms with van der Waals surface area (Å²) in [5.41, 5.74) is 3.34. The third kappa shape index (κ3) is 6.11. The molecule has 29 heavy (non-hydrogen) atoms. The maximum absolute atomic E-state index is 12.6. The van der Waals surface area contributed by atoms with Gasteiger partial charge in [-0.2, -0.15) is 0 Å². The van der Waals surface area contributed by atoms with Crippen LogP contribution in [0.4, 0.5) is 0 Å². The van der Waals surface area contributed by atoms with Crippen LogP contribution >= 0.6 is 0 Å². The second-order valence-electron chi connectivity index (χ2n) is 6.95. The number of methoxy groups -OCH3 is 1. The van der Waals surface area contributed by atoms with Gasteiger partial charge in [0.15, 0.2) is 0 Å². The third-order valence-corrected chi connectivity index (χ3v) is 4.73. The summed E-state index contributed by atoms with van der Waals surface area (Å²) in [6, 6.07) is 25.6. The first-order chi connectivity index (χ1) is 14.2. The zero-order chi connectivity index (χ0) is 20.5. The van der Waals surface area contributed by atoms with Crippen molar-refractivity contribution in [1.82, 2.24) is 5.32 Å². The molecule has 1 amide bonds. The van der Waals surface area contributed by atoms with E-state index in [1.54, 1.807) is 7.11 Å². The molecule has 0 aliphatic rings. The number of amides is 1. The van der Waals surface area contributed by atoms with Crippen molar-refractivity contribution in [2.45, 2.75) is 25.8 Å². The van der Waals surface area contributed by atoms with Gasteiger partial charge in [-0.1, -0.05) is 60.2 Å². The van der Waals surface area contributed by atoms with E-state index in [0.717, 1.165) is 22.6 Å². The molecule has 0 bridgehead atoms. The Morgan fingerprint density at radius 2 is 1.48 bits per heavy atom. The van der Waals surface area contributed by atoms with Crippen molar-refractivity contribution in [1.29, 1.82) is 0 Å². The molecule has 0 saturated heterocycles. The number of carbonyl (C=O) groups is 1. The first-order valence-electron chi connectivity index (χ1n) is 9.83. The smallest absolute Gasteiger partial charge is 0.220 e. The predicted octanol–water partition coefficient (Wildman–Crippen LogP) is 5.07. The molecule has 1 unspecified atom stereocenters. The minimum Gasteiger partial charge on any atom is -0.497 e. The van der Waals surface area contributed by atoms with Crippen LogP contribution in [0.25, 0.3) is 0 Å². The quantitative estimate of drug-likeness (QED) is 0.520. The fourth-order valence-electron chi connectivity index (χ4n) is 3.09. The molecule has 3 rings (SSSR count). The summed E-state index contributed by atoms with van der Waals surface area (Å²) < 4.78 is 10.8. The molecular formula is C25H27NO3. The van der Waals surface area contributed by atoms with Crippen molar-refractivity contribution in [3.8, 4) is 11.5 Å². The average Bonchev–Trinajstić information content (AvgIpc) is 2.77. The van der Waals surface area contributed by atoms with Crippen LogP contribution < -0.4 is 14.8 Å². The summed E-state index contributed by atoms with van der Waals surface area (Å²) >= 11 is 0. The molecule has 0 fully saturated rings. The standard InChI is InChI=1S/C25H27NO3/c1-19-10-12-21(13-11-19)25(20-7-4-3-5-8-20)26-24(27)9-6-18-29-23-16-14-22(28-2)15-17-23/h3-5,7-8,10-17,25H,6,9,18H2,1-2H3,(H,26,27). The lowest BCUT2D eigenvalue weighted by molar-refractivity contribution is -0.121. The van der Waals surface area contributed by atoms with Crippen LogP contribution in [0.3, 0.4) is 0 Å². The van der Waals surface area contributed by atoms with Crippen LogP contribution in [0.2, 0.25) is 0 Å². The Bertz CT molecular complexity index is 890. The molecule has 150 valence electrons. The molecule has 3 aromatic rings. The zero-order valence-electron chi connectivity index (χ0n) is 16.9. The minimum atomic E-state index is -0.160. The number of benzene rings is 3. The van der Waals surface area contributed by atoms with E-state index in [2.05, 4.69) is 36.5 Å². The molecule has 1 atom stereocenters. The summed E-state index contributed by atoms with van der Waals surface area (Å²) in [7, 11) is 1.63. The van der Waals surface area contributed by atoms with E-state index in [9.17, 15) is 4.79 Å². The fourth-order valence-corrected chi connectivity index (χ4v) is 3.09. The van der Waals surface area contributed by atoms with Crippen molar-refractivity contribution < 1.29 is 14.3 Å². The molecular weight excluding hydrogens is 362 g/mol. The van der Waals surface area contributed by atoms with Gasteiger partial charge in [-0.05, 0) is 48.7 Å². The van der Waals surface area contributed by atoms with Gasteiger partial charge in [0.1, 0.15) is 11.5 Å². The van der Waals surface area contributed by atoms with Crippen molar-refractivity contribution in [3.05, 3.63) is 95.6 Å². The van der Waals surface area contributed by atoms with Crippen LogP contribution in [0.1, 0.15) is 35.6 Å². The Labute approximate surface area is 172 Å². The number of rotatable bonds is 9. The Morgan fingerprint density at radius 3 is 2.14 bits per heavy atom. The van der Waals surface area contributed by atoms with Crippen LogP contribution in [0.15, 0.2) is 78.9 Å². The highest BCUT2D eigenvalue weighted by molar-refractivity contribution is 5.77. The molecule has 1 N–H and O–H groups in total. The van der Waals surface area contributed by atoms with E-state index < -0.39 is 0 Å². The summed E-state index contributed by atoms with van der Waals surface area (Å²) in [5, 5.41) is 3.17. The van der Waals surface area contributed by atoms with E-state index in [4.69, 9.17) is 9.47 Å². The lowest BCUT2D eigenvalue weighted by Gasteiger charge is -2.20. The fraction of sp³-hybridized carbons (Fsp3) is 0.240. The van der Waals surface area contributed by atoms with Gasteiger partial charge in [0.05, 0.1) is 19.8 Å². The SMILES string of the molecule is COc1ccc(OCCCC(=O)NC(c2ccccc2)c2ccc(C)cc2)cc1. The maximum atomic E-state index is 12.6. The van der Waals surface area contributed by atoms with Crippen molar-refractivity contribution in [2.24, 2.45) is 0 Å². The molecule has 0 aliphatic carbocycles. The highest BCUT2D eigenvalue weighted by Gasteiger charge is 2.16. The summed E-state index contributed by atoms with van der Waals surface area (Å²) in [5.74, 6) is 1.57. The summed E-state index contributed by atoms with van der Waals surface area (Å²) in [6.07, 6.45) is 1.05. The molecule has 0 aliphatic heterocycles. The Morgan fingerprint density at radius 1 is 0.862 bits per heavy atom. The lowest BCUT2D eigenvalue weighted by Crippen LogP contribution is -2.29. The normalized spacial score (nSPS) is 11.5. The van der Waals surface area contributed by atoms with Gasteiger partial charge in [-0.3, -0.25) is 4.79 Å². The highest BCUT2D eigenvalue weighted by Crippen LogP contribution is 2.23. The minimum absolute atomic E-state index is 0.0118. The average molecular weight is 389 g/mol. The van der Waals surface area contributed by atoms with Crippen LogP contribution in [0, 0.1) is 6.92 Å². The topological polar surface area (TPSA) is 47.6 Å². The van der Waals surface area contributed by atoms with Crippen molar-refractivity contribution in [2.75, 3.05) is 13.7 Å². The first-order valence-corrected chi connectivity index (χ1v) is 9.83. The van der Waals surface area contributed by atoms with Crippen LogP contribution in [0.5, 0.6) is 11.5 Å². The largest absolute Gasteiger partial charge is 0.497 e. The number of ether oxygens (including phenoxy) is 2. The second-order valence-corrected chi connectivity index (χ2v) is 6.95. The number of hydrogen-bond acceptors (Lipinski definition) is 3. The monoisotopic (exact) mass is 389 g/mol. The zero-order valence-corrected chi connectivity index (χ0v) is 16.9. The lowest BCUT2D eigenvalue weighted by atomic mass is 9.97. The Balaban J connectivity index is 1.54. The second kappa shape index (κ2) is 10.3. The van der Waals surface area contributed by atoms with E-state index in [-0.39, 0.29) is 11.9 Å². The molecule has 4 nitrogen and oxygen atoms in total. The highest BCUT2D eigenvalue weighted by atomic mass is 16.5. The molecule has 0 spiro atoms. The molecule has 4 heteroatoms. The maximum Gasteiger partial charge on any atom is 0.220 e. The molecule has 0 saturated carbocycles. The van der Waals surface area contributed by atoms with Crippen LogP contribution in [-0.2, 0) is 4.79 Å². The van der Waals surface area contributed by atoms with Gasteiger partial charge in [0.25, 0.3) is 0 Å². The van der Waals surface area contributed by atoms with E-state index in [1.165, 1.54) is 5.56 Å². The number of hydrogen-bond donors (Lipinski definition) is 1. The molecule has 3 aromatic carbocycles. The van der Waals surface area contributed by atoms with E-state index in [1.807, 2.05) is 54.6 Å². The predicted molar refractivity (Wildman–Crippen MR) is 115 cm³/mol. The Kier molecular flexibility index (Phi) is 7.28. The van der Waals surface area contributed by atoms with E-state index in [0.29, 0.717) is 19.4 Å². The van der Waals surface area contributed by atoms with Gasteiger partial charge in [-0.15, -0.1) is 0 Å². The van der Waals surface area contributed by atoms with Gasteiger partial charge in [0, 0.05) is 6.42 Å². The van der Waals surface area contributed by atoms with Crippen molar-refractivity contribution >= 4 is 5.91 Å². The van der Waals surface area contributed by atoms with Crippen molar-refractivity contribution in [3.63, 3.8) is 0 Å². The van der Waals surface area contributed by atoms with Gasteiger partial charge in [0.2, 0.25) is 5.91 Å². The van der Waals surface area contributed by atoms with Gasteiger partial charge >= 0.3 is 0 Å².